The molecule has 6 heteroatoms. The number of carbonyl (C=O) groups excluding carboxylic acids is 1. The first-order valence-electron chi connectivity index (χ1n) is 5.20. The van der Waals surface area contributed by atoms with E-state index in [9.17, 15) is 14.7 Å². The Bertz CT molecular complexity index is 439. The summed E-state index contributed by atoms with van der Waals surface area (Å²) in [7, 11) is 0. The molecule has 0 aliphatic carbocycles. The van der Waals surface area contributed by atoms with Crippen LogP contribution in [-0.4, -0.2) is 27.5 Å². The van der Waals surface area contributed by atoms with Gasteiger partial charge in [-0.15, -0.1) is 0 Å². The van der Waals surface area contributed by atoms with Crippen molar-refractivity contribution >= 4 is 5.91 Å². The third-order valence-electron chi connectivity index (χ3n) is 2.03. The minimum atomic E-state index is -0.687. The minimum absolute atomic E-state index is 0.214. The molecule has 0 spiro atoms. The lowest BCUT2D eigenvalue weighted by Crippen LogP contribution is -2.27. The van der Waals surface area contributed by atoms with Gasteiger partial charge in [0.1, 0.15) is 5.82 Å². The van der Waals surface area contributed by atoms with E-state index in [1.54, 1.807) is 6.92 Å². The zero-order valence-electron chi connectivity index (χ0n) is 9.33. The molecule has 0 unspecified atom stereocenters. The highest BCUT2D eigenvalue weighted by Gasteiger charge is 2.16. The second-order valence-electron chi connectivity index (χ2n) is 3.32. The Labute approximate surface area is 92.7 Å². The Morgan fingerprint density at radius 3 is 2.75 bits per heavy atom. The molecule has 0 saturated carbocycles. The molecule has 1 aromatic heterocycles. The molecule has 1 rings (SSSR count). The van der Waals surface area contributed by atoms with Gasteiger partial charge in [-0.05, 0) is 6.42 Å². The topological polar surface area (TPSA) is 95.1 Å². The minimum Gasteiger partial charge on any atom is -0.501 e. The van der Waals surface area contributed by atoms with Crippen molar-refractivity contribution in [2.75, 3.05) is 6.54 Å². The van der Waals surface area contributed by atoms with Crippen molar-refractivity contribution in [2.45, 2.75) is 26.7 Å². The van der Waals surface area contributed by atoms with Crippen molar-refractivity contribution in [3.05, 3.63) is 21.9 Å². The Morgan fingerprint density at radius 1 is 1.50 bits per heavy atom. The number of aromatic nitrogens is 2. The molecule has 88 valence electrons. The molecule has 1 amide bonds. The van der Waals surface area contributed by atoms with Crippen LogP contribution in [0.4, 0.5) is 0 Å². The van der Waals surface area contributed by atoms with Crippen LogP contribution >= 0.6 is 0 Å². The molecular formula is C10H15N3O3. The van der Waals surface area contributed by atoms with Crippen molar-refractivity contribution in [3.63, 3.8) is 0 Å². The third-order valence-corrected chi connectivity index (χ3v) is 2.03. The van der Waals surface area contributed by atoms with E-state index in [1.807, 2.05) is 6.92 Å². The predicted molar refractivity (Wildman–Crippen MR) is 58.5 cm³/mol. The summed E-state index contributed by atoms with van der Waals surface area (Å²) in [5.41, 5.74) is -0.900. The number of aromatic amines is 1. The van der Waals surface area contributed by atoms with Crippen LogP contribution in [0.25, 0.3) is 0 Å². The second-order valence-corrected chi connectivity index (χ2v) is 3.32. The van der Waals surface area contributed by atoms with Crippen molar-refractivity contribution < 1.29 is 9.90 Å². The highest BCUT2D eigenvalue weighted by molar-refractivity contribution is 5.94. The van der Waals surface area contributed by atoms with E-state index in [0.717, 1.165) is 6.42 Å². The van der Waals surface area contributed by atoms with Crippen molar-refractivity contribution in [1.29, 1.82) is 0 Å². The molecule has 0 radical (unpaired) electrons. The Morgan fingerprint density at radius 2 is 2.19 bits per heavy atom. The second kappa shape index (κ2) is 5.29. The van der Waals surface area contributed by atoms with Gasteiger partial charge in [0.05, 0.1) is 0 Å². The maximum absolute atomic E-state index is 11.6. The van der Waals surface area contributed by atoms with Crippen LogP contribution in [0.3, 0.4) is 0 Å². The monoisotopic (exact) mass is 225 g/mol. The lowest BCUT2D eigenvalue weighted by molar-refractivity contribution is 0.0945. The van der Waals surface area contributed by atoms with E-state index >= 15 is 0 Å². The zero-order valence-corrected chi connectivity index (χ0v) is 9.33. The lowest BCUT2D eigenvalue weighted by atomic mass is 10.3. The molecule has 0 aliphatic rings. The highest BCUT2D eigenvalue weighted by Crippen LogP contribution is 2.07. The quantitative estimate of drug-likeness (QED) is 0.681. The van der Waals surface area contributed by atoms with Gasteiger partial charge < -0.3 is 15.4 Å². The van der Waals surface area contributed by atoms with Gasteiger partial charge >= 0.3 is 0 Å². The number of carbonyl (C=O) groups is 1. The molecule has 16 heavy (non-hydrogen) atoms. The van der Waals surface area contributed by atoms with Gasteiger partial charge in [0.2, 0.25) is 5.75 Å². The lowest BCUT2D eigenvalue weighted by Gasteiger charge is -2.05. The fourth-order valence-corrected chi connectivity index (χ4v) is 1.16. The third kappa shape index (κ3) is 2.59. The summed E-state index contributed by atoms with van der Waals surface area (Å²) in [6, 6.07) is 0. The van der Waals surface area contributed by atoms with Crippen LogP contribution in [-0.2, 0) is 6.42 Å². The summed E-state index contributed by atoms with van der Waals surface area (Å²) in [4.78, 5) is 29.1. The Kier molecular flexibility index (Phi) is 4.04. The predicted octanol–water partition coefficient (Wildman–Crippen LogP) is 0.178. The maximum Gasteiger partial charge on any atom is 0.293 e. The SMILES string of the molecule is CCCNC(=O)c1nc(CC)[nH]c(=O)c1O. The molecule has 1 heterocycles. The molecule has 0 saturated heterocycles. The average molecular weight is 225 g/mol. The van der Waals surface area contributed by atoms with Crippen molar-refractivity contribution in [2.24, 2.45) is 0 Å². The fraction of sp³-hybridized carbons (Fsp3) is 0.500. The van der Waals surface area contributed by atoms with Gasteiger partial charge in [-0.2, -0.15) is 0 Å². The standard InChI is InChI=1S/C10H15N3O3/c1-3-5-11-9(15)7-8(14)10(16)13-6(4-2)12-7/h14H,3-5H2,1-2H3,(H,11,15)(H,12,13,16). The first-order chi connectivity index (χ1) is 7.60. The molecule has 6 nitrogen and oxygen atoms in total. The number of aromatic hydroxyl groups is 1. The molecule has 3 N–H and O–H groups in total. The van der Waals surface area contributed by atoms with Crippen LogP contribution in [0, 0.1) is 0 Å². The van der Waals surface area contributed by atoms with Gasteiger partial charge in [0.25, 0.3) is 11.5 Å². The molecule has 0 bridgehead atoms. The van der Waals surface area contributed by atoms with E-state index in [2.05, 4.69) is 15.3 Å². The molecule has 1 aromatic rings. The zero-order chi connectivity index (χ0) is 12.1. The van der Waals surface area contributed by atoms with E-state index in [0.29, 0.717) is 18.8 Å². The summed E-state index contributed by atoms with van der Waals surface area (Å²) in [6.07, 6.45) is 1.26. The Hall–Kier alpha value is -1.85. The number of nitrogens with one attached hydrogen (secondary N) is 2. The van der Waals surface area contributed by atoms with E-state index in [1.165, 1.54) is 0 Å². The summed E-state index contributed by atoms with van der Waals surface area (Å²) in [5.74, 6) is -0.782. The van der Waals surface area contributed by atoms with Gasteiger partial charge in [-0.1, -0.05) is 13.8 Å². The van der Waals surface area contributed by atoms with Crippen molar-refractivity contribution in [1.82, 2.24) is 15.3 Å². The smallest absolute Gasteiger partial charge is 0.293 e. The summed E-state index contributed by atoms with van der Waals surface area (Å²) in [6.45, 7) is 4.18. The summed E-state index contributed by atoms with van der Waals surface area (Å²) >= 11 is 0. The highest BCUT2D eigenvalue weighted by atomic mass is 16.3. The number of rotatable bonds is 4. The average Bonchev–Trinajstić information content (AvgIpc) is 2.29. The Balaban J connectivity index is 3.07. The molecule has 0 aliphatic heterocycles. The molecule has 0 atom stereocenters. The van der Waals surface area contributed by atoms with Crippen LogP contribution < -0.4 is 10.9 Å². The summed E-state index contributed by atoms with van der Waals surface area (Å²) in [5, 5.41) is 12.0. The van der Waals surface area contributed by atoms with Crippen molar-refractivity contribution in [3.8, 4) is 5.75 Å². The first-order valence-corrected chi connectivity index (χ1v) is 5.20. The largest absolute Gasteiger partial charge is 0.501 e. The van der Waals surface area contributed by atoms with Crippen LogP contribution in [0.15, 0.2) is 4.79 Å². The van der Waals surface area contributed by atoms with Gasteiger partial charge in [-0.25, -0.2) is 4.98 Å². The van der Waals surface area contributed by atoms with Gasteiger partial charge in [0.15, 0.2) is 5.69 Å². The molecule has 0 aromatic carbocycles. The molecular weight excluding hydrogens is 210 g/mol. The molecule has 0 fully saturated rings. The first kappa shape index (κ1) is 12.2. The van der Waals surface area contributed by atoms with E-state index < -0.39 is 17.2 Å². The van der Waals surface area contributed by atoms with Gasteiger partial charge in [-0.3, -0.25) is 9.59 Å². The number of H-pyrrole nitrogens is 1. The maximum atomic E-state index is 11.6. The van der Waals surface area contributed by atoms with Crippen LogP contribution in [0.5, 0.6) is 5.75 Å². The normalized spacial score (nSPS) is 10.1. The van der Waals surface area contributed by atoms with E-state index in [-0.39, 0.29) is 5.69 Å². The summed E-state index contributed by atoms with van der Waals surface area (Å²) < 4.78 is 0. The number of hydrogen-bond donors (Lipinski definition) is 3. The fourth-order valence-electron chi connectivity index (χ4n) is 1.16. The number of aryl methyl sites for hydroxylation is 1. The van der Waals surface area contributed by atoms with Crippen LogP contribution in [0.2, 0.25) is 0 Å². The number of amides is 1. The van der Waals surface area contributed by atoms with E-state index in [4.69, 9.17) is 0 Å². The number of hydrogen-bond acceptors (Lipinski definition) is 4. The van der Waals surface area contributed by atoms with Crippen LogP contribution in [0.1, 0.15) is 36.6 Å². The number of nitrogens with zero attached hydrogens (tertiary/aromatic N) is 1. The van der Waals surface area contributed by atoms with Gasteiger partial charge in [0, 0.05) is 13.0 Å².